The maximum absolute atomic E-state index is 13.1. The van der Waals surface area contributed by atoms with Crippen LogP contribution in [-0.4, -0.2) is 21.6 Å². The van der Waals surface area contributed by atoms with Crippen LogP contribution in [0, 0.1) is 6.92 Å². The average molecular weight is 415 g/mol. The summed E-state index contributed by atoms with van der Waals surface area (Å²) in [4.78, 5) is 10.8. The number of phenolic OH excluding ortho intramolecular Hbond substituents is 1. The Hall–Kier alpha value is -3.09. The fraction of sp³-hybridized carbons (Fsp3) is 0.304. The molecule has 0 saturated heterocycles. The number of hydrogen-bond acceptors (Lipinski definition) is 4. The van der Waals surface area contributed by atoms with E-state index in [1.807, 2.05) is 43.0 Å². The van der Waals surface area contributed by atoms with Crippen molar-refractivity contribution in [3.8, 4) is 5.75 Å². The molecule has 4 nitrogen and oxygen atoms in total. The lowest BCUT2D eigenvalue weighted by atomic mass is 10.1. The number of phenols is 1. The molecule has 3 aromatic rings. The van der Waals surface area contributed by atoms with Crippen LogP contribution in [0.25, 0.3) is 0 Å². The molecule has 30 heavy (non-hydrogen) atoms. The van der Waals surface area contributed by atoms with Gasteiger partial charge in [-0.3, -0.25) is 0 Å². The molecule has 0 bridgehead atoms. The first-order valence-electron chi connectivity index (χ1n) is 9.76. The third kappa shape index (κ3) is 5.49. The summed E-state index contributed by atoms with van der Waals surface area (Å²) in [5.74, 6) is -0.233. The van der Waals surface area contributed by atoms with E-state index >= 15 is 0 Å². The van der Waals surface area contributed by atoms with Gasteiger partial charge in [-0.25, -0.2) is 9.97 Å². The molecule has 0 unspecified atom stereocenters. The van der Waals surface area contributed by atoms with Crippen molar-refractivity contribution in [3.05, 3.63) is 82.7 Å². The van der Waals surface area contributed by atoms with E-state index in [1.165, 1.54) is 6.07 Å². The number of alkyl halides is 3. The number of aromatic hydroxyl groups is 1. The van der Waals surface area contributed by atoms with Gasteiger partial charge in [0, 0.05) is 25.5 Å². The number of rotatable bonds is 7. The van der Waals surface area contributed by atoms with Crippen molar-refractivity contribution >= 4 is 5.95 Å². The van der Waals surface area contributed by atoms with Gasteiger partial charge in [-0.05, 0) is 48.6 Å². The van der Waals surface area contributed by atoms with Gasteiger partial charge in [0.2, 0.25) is 5.95 Å². The number of nitrogens with zero attached hydrogens (tertiary/aromatic N) is 3. The standard InChI is InChI=1S/C23H24F3N3O/c1-3-17-13-27-22(28-14-17)29(15-19-6-4-16(2)5-7-19)11-10-18-8-9-21(30)20(12-18)23(24,25)26/h4-9,12-14,30H,3,10-11,15H2,1-2H3. The molecular formula is C23H24F3N3O. The molecule has 0 radical (unpaired) electrons. The largest absolute Gasteiger partial charge is 0.507 e. The van der Waals surface area contributed by atoms with Gasteiger partial charge in [0.25, 0.3) is 0 Å². The highest BCUT2D eigenvalue weighted by molar-refractivity contribution is 5.39. The summed E-state index contributed by atoms with van der Waals surface area (Å²) in [6.45, 7) is 5.00. The molecule has 0 aliphatic rings. The average Bonchev–Trinajstić information content (AvgIpc) is 2.73. The second kappa shape index (κ2) is 9.15. The Labute approximate surface area is 174 Å². The van der Waals surface area contributed by atoms with E-state index in [9.17, 15) is 18.3 Å². The number of aromatic nitrogens is 2. The second-order valence-corrected chi connectivity index (χ2v) is 7.25. The minimum absolute atomic E-state index is 0.355. The van der Waals surface area contributed by atoms with Crippen molar-refractivity contribution in [1.29, 1.82) is 0 Å². The number of hydrogen-bond donors (Lipinski definition) is 1. The summed E-state index contributed by atoms with van der Waals surface area (Å²) in [7, 11) is 0. The summed E-state index contributed by atoms with van der Waals surface area (Å²) < 4.78 is 39.3. The highest BCUT2D eigenvalue weighted by atomic mass is 19.4. The summed E-state index contributed by atoms with van der Waals surface area (Å²) >= 11 is 0. The van der Waals surface area contributed by atoms with Gasteiger partial charge in [-0.1, -0.05) is 42.8 Å². The molecule has 0 spiro atoms. The molecule has 7 heteroatoms. The monoisotopic (exact) mass is 415 g/mol. The maximum atomic E-state index is 13.1. The Morgan fingerprint density at radius 2 is 1.57 bits per heavy atom. The van der Waals surface area contributed by atoms with Gasteiger partial charge in [-0.2, -0.15) is 13.2 Å². The Morgan fingerprint density at radius 1 is 0.933 bits per heavy atom. The lowest BCUT2D eigenvalue weighted by Gasteiger charge is -2.23. The molecule has 1 aromatic heterocycles. The van der Waals surface area contributed by atoms with Crippen LogP contribution >= 0.6 is 0 Å². The minimum Gasteiger partial charge on any atom is -0.507 e. The highest BCUT2D eigenvalue weighted by Gasteiger charge is 2.34. The molecule has 0 aliphatic heterocycles. The summed E-state index contributed by atoms with van der Waals surface area (Å²) in [6.07, 6.45) is 0.125. The normalized spacial score (nSPS) is 11.5. The van der Waals surface area contributed by atoms with E-state index in [4.69, 9.17) is 0 Å². The van der Waals surface area contributed by atoms with Gasteiger partial charge in [0.05, 0.1) is 5.56 Å². The molecule has 158 valence electrons. The van der Waals surface area contributed by atoms with Crippen LogP contribution in [0.1, 0.15) is 34.7 Å². The first kappa shape index (κ1) is 21.6. The fourth-order valence-corrected chi connectivity index (χ4v) is 3.09. The van der Waals surface area contributed by atoms with E-state index in [1.54, 1.807) is 12.4 Å². The molecular weight excluding hydrogens is 391 g/mol. The van der Waals surface area contributed by atoms with Gasteiger partial charge in [0.15, 0.2) is 0 Å². The molecule has 2 aromatic carbocycles. The minimum atomic E-state index is -4.60. The Bertz CT molecular complexity index is 970. The van der Waals surface area contributed by atoms with Crippen molar-refractivity contribution in [2.75, 3.05) is 11.4 Å². The fourth-order valence-electron chi connectivity index (χ4n) is 3.09. The summed E-state index contributed by atoms with van der Waals surface area (Å²) in [5.41, 5.74) is 2.69. The summed E-state index contributed by atoms with van der Waals surface area (Å²) in [5, 5.41) is 9.54. The molecule has 1 heterocycles. The maximum Gasteiger partial charge on any atom is 0.419 e. The van der Waals surface area contributed by atoms with Crippen LogP contribution in [0.4, 0.5) is 19.1 Å². The Kier molecular flexibility index (Phi) is 6.59. The summed E-state index contributed by atoms with van der Waals surface area (Å²) in [6, 6.07) is 11.7. The number of benzene rings is 2. The zero-order valence-electron chi connectivity index (χ0n) is 16.9. The lowest BCUT2D eigenvalue weighted by Crippen LogP contribution is -2.27. The van der Waals surface area contributed by atoms with Crippen LogP contribution in [0.2, 0.25) is 0 Å². The first-order valence-corrected chi connectivity index (χ1v) is 9.76. The molecule has 0 aliphatic carbocycles. The zero-order valence-corrected chi connectivity index (χ0v) is 16.9. The smallest absolute Gasteiger partial charge is 0.419 e. The molecule has 0 saturated carbocycles. The second-order valence-electron chi connectivity index (χ2n) is 7.25. The van der Waals surface area contributed by atoms with Crippen LogP contribution < -0.4 is 4.90 Å². The molecule has 1 N–H and O–H groups in total. The van der Waals surface area contributed by atoms with Crippen molar-refractivity contribution in [2.45, 2.75) is 39.4 Å². The Balaban J connectivity index is 1.82. The topological polar surface area (TPSA) is 49.2 Å². The predicted molar refractivity (Wildman–Crippen MR) is 110 cm³/mol. The third-order valence-corrected chi connectivity index (χ3v) is 4.91. The Morgan fingerprint density at radius 3 is 2.17 bits per heavy atom. The van der Waals surface area contributed by atoms with Gasteiger partial charge >= 0.3 is 6.18 Å². The van der Waals surface area contributed by atoms with Crippen molar-refractivity contribution < 1.29 is 18.3 Å². The predicted octanol–water partition coefficient (Wildman–Crippen LogP) is 5.32. The van der Waals surface area contributed by atoms with Crippen molar-refractivity contribution in [2.24, 2.45) is 0 Å². The number of halogens is 3. The highest BCUT2D eigenvalue weighted by Crippen LogP contribution is 2.36. The van der Waals surface area contributed by atoms with Gasteiger partial charge < -0.3 is 10.0 Å². The van der Waals surface area contributed by atoms with Crippen LogP contribution in [0.3, 0.4) is 0 Å². The first-order chi connectivity index (χ1) is 14.3. The SMILES string of the molecule is CCc1cnc(N(CCc2ccc(O)c(C(F)(F)F)c2)Cc2ccc(C)cc2)nc1. The van der Waals surface area contributed by atoms with E-state index < -0.39 is 17.5 Å². The number of aryl methyl sites for hydroxylation is 2. The zero-order chi connectivity index (χ0) is 21.7. The quantitative estimate of drug-likeness (QED) is 0.567. The van der Waals surface area contributed by atoms with Crippen LogP contribution in [-0.2, 0) is 25.6 Å². The van der Waals surface area contributed by atoms with Gasteiger partial charge in [0.1, 0.15) is 5.75 Å². The third-order valence-electron chi connectivity index (χ3n) is 4.91. The number of anilines is 1. The van der Waals surface area contributed by atoms with Crippen LogP contribution in [0.5, 0.6) is 5.75 Å². The molecule has 0 amide bonds. The van der Waals surface area contributed by atoms with Gasteiger partial charge in [-0.15, -0.1) is 0 Å². The van der Waals surface area contributed by atoms with E-state index in [0.29, 0.717) is 31.0 Å². The van der Waals surface area contributed by atoms with Crippen LogP contribution in [0.15, 0.2) is 54.9 Å². The molecule has 3 rings (SSSR count). The van der Waals surface area contributed by atoms with E-state index in [2.05, 4.69) is 9.97 Å². The van der Waals surface area contributed by atoms with E-state index in [-0.39, 0.29) is 0 Å². The molecule has 0 atom stereocenters. The lowest BCUT2D eigenvalue weighted by molar-refractivity contribution is -0.138. The van der Waals surface area contributed by atoms with E-state index in [0.717, 1.165) is 35.2 Å². The molecule has 0 fully saturated rings. The van der Waals surface area contributed by atoms with Crippen molar-refractivity contribution in [3.63, 3.8) is 0 Å². The van der Waals surface area contributed by atoms with Crippen molar-refractivity contribution in [1.82, 2.24) is 9.97 Å².